The van der Waals surface area contributed by atoms with Crippen molar-refractivity contribution in [3.63, 3.8) is 0 Å². The molecule has 0 unspecified atom stereocenters. The van der Waals surface area contributed by atoms with Crippen molar-refractivity contribution in [2.75, 3.05) is 5.32 Å². The molecule has 68 valence electrons. The summed E-state index contributed by atoms with van der Waals surface area (Å²) < 4.78 is 20.6. The van der Waals surface area contributed by atoms with Gasteiger partial charge >= 0.3 is 0 Å². The van der Waals surface area contributed by atoms with E-state index in [-0.39, 0.29) is 5.78 Å². The zero-order valence-corrected chi connectivity index (χ0v) is 7.13. The highest BCUT2D eigenvalue weighted by molar-refractivity contribution is 5.96. The quantitative estimate of drug-likeness (QED) is 0.706. The van der Waals surface area contributed by atoms with E-state index in [0.29, 0.717) is 11.3 Å². The largest absolute Gasteiger partial charge is 0.326 e. The van der Waals surface area contributed by atoms with Crippen LogP contribution in [0.4, 0.5) is 5.69 Å². The minimum absolute atomic E-state index is 0.148. The van der Waals surface area contributed by atoms with Crippen LogP contribution in [-0.4, -0.2) is 11.7 Å². The molecule has 0 saturated heterocycles. The molecule has 0 atom stereocenters. The summed E-state index contributed by atoms with van der Waals surface area (Å²) in [6.07, 6.45) is 0. The molecule has 0 bridgehead atoms. The van der Waals surface area contributed by atoms with Crippen molar-refractivity contribution in [2.24, 2.45) is 0 Å². The van der Waals surface area contributed by atoms with E-state index in [4.69, 9.17) is 4.11 Å². The normalized spacial score (nSPS) is 13.8. The average molecular weight is 180 g/mol. The first-order chi connectivity index (χ1) is 7.30. The number of carbonyl (C=O) groups is 2. The molecule has 1 N–H and O–H groups in total. The standard InChI is InChI=1S/C10H11NO2/c1-7(12)9-4-3-5-10(6-9)11-8(2)13/h3-6H,1-2H3,(H,11,13)/i2D3. The Morgan fingerprint density at radius 3 is 2.85 bits per heavy atom. The molecule has 0 aliphatic carbocycles. The Morgan fingerprint density at radius 2 is 2.23 bits per heavy atom. The summed E-state index contributed by atoms with van der Waals surface area (Å²) in [5.74, 6) is -1.21. The van der Waals surface area contributed by atoms with Crippen LogP contribution < -0.4 is 5.32 Å². The molecule has 0 heterocycles. The monoisotopic (exact) mass is 180 g/mol. The van der Waals surface area contributed by atoms with Crippen molar-refractivity contribution in [2.45, 2.75) is 13.8 Å². The van der Waals surface area contributed by atoms with E-state index in [0.717, 1.165) is 0 Å². The van der Waals surface area contributed by atoms with Gasteiger partial charge in [0.25, 0.3) is 0 Å². The number of ketones is 1. The number of hydrogen-bond donors (Lipinski definition) is 1. The van der Waals surface area contributed by atoms with Crippen LogP contribution in [0.25, 0.3) is 0 Å². The van der Waals surface area contributed by atoms with Crippen LogP contribution in [0.3, 0.4) is 0 Å². The van der Waals surface area contributed by atoms with E-state index in [2.05, 4.69) is 5.32 Å². The number of nitrogens with one attached hydrogen (secondary N) is 1. The fraction of sp³-hybridized carbons (Fsp3) is 0.200. The highest BCUT2D eigenvalue weighted by Crippen LogP contribution is 2.10. The number of hydrogen-bond acceptors (Lipinski definition) is 2. The van der Waals surface area contributed by atoms with E-state index in [1.165, 1.54) is 19.1 Å². The van der Waals surface area contributed by atoms with Crippen molar-refractivity contribution in [1.29, 1.82) is 0 Å². The van der Waals surface area contributed by atoms with E-state index in [1.54, 1.807) is 12.1 Å². The average Bonchev–Trinajstić information content (AvgIpc) is 2.16. The second-order valence-corrected chi connectivity index (χ2v) is 2.59. The van der Waals surface area contributed by atoms with Gasteiger partial charge in [-0.05, 0) is 19.1 Å². The van der Waals surface area contributed by atoms with Crippen molar-refractivity contribution in [3.8, 4) is 0 Å². The summed E-state index contributed by atoms with van der Waals surface area (Å²) in [5, 5.41) is 2.22. The first-order valence-corrected chi connectivity index (χ1v) is 3.73. The molecule has 1 aromatic rings. The van der Waals surface area contributed by atoms with Gasteiger partial charge in [-0.2, -0.15) is 0 Å². The molecule has 0 aromatic heterocycles. The third kappa shape index (κ3) is 2.71. The lowest BCUT2D eigenvalue weighted by Crippen LogP contribution is -2.06. The summed E-state index contributed by atoms with van der Waals surface area (Å²) in [7, 11) is 0. The number of carbonyl (C=O) groups excluding carboxylic acids is 2. The van der Waals surface area contributed by atoms with Gasteiger partial charge < -0.3 is 5.32 Å². The summed E-state index contributed by atoms with van der Waals surface area (Å²) in [5.41, 5.74) is 0.720. The molecule has 0 spiro atoms. The van der Waals surface area contributed by atoms with Gasteiger partial charge in [0.2, 0.25) is 5.91 Å². The molecular formula is C10H11NO2. The van der Waals surface area contributed by atoms with Crippen molar-refractivity contribution in [1.82, 2.24) is 0 Å². The number of Topliss-reactive ketones (excluding diaryl/α,β-unsaturated/α-hetero) is 1. The van der Waals surface area contributed by atoms with Gasteiger partial charge in [-0.1, -0.05) is 12.1 Å². The van der Waals surface area contributed by atoms with Crippen LogP contribution >= 0.6 is 0 Å². The first kappa shape index (κ1) is 5.91. The maximum absolute atomic E-state index is 11.2. The smallest absolute Gasteiger partial charge is 0.221 e. The summed E-state index contributed by atoms with van der Waals surface area (Å²) >= 11 is 0. The molecule has 0 aliphatic heterocycles. The third-order valence-electron chi connectivity index (χ3n) is 1.53. The minimum atomic E-state index is -2.69. The van der Waals surface area contributed by atoms with Crippen LogP contribution in [0.5, 0.6) is 0 Å². The third-order valence-corrected chi connectivity index (χ3v) is 1.53. The lowest BCUT2D eigenvalue weighted by Gasteiger charge is -2.02. The Morgan fingerprint density at radius 1 is 1.46 bits per heavy atom. The molecule has 0 radical (unpaired) electrons. The van der Waals surface area contributed by atoms with Gasteiger partial charge in [-0.15, -0.1) is 0 Å². The SMILES string of the molecule is [2H]C([2H])([2H])C(=O)Nc1cccc(C(C)=O)c1. The first-order valence-electron chi connectivity index (χ1n) is 5.23. The van der Waals surface area contributed by atoms with Gasteiger partial charge in [-0.25, -0.2) is 0 Å². The Kier molecular flexibility index (Phi) is 1.75. The fourth-order valence-corrected chi connectivity index (χ4v) is 0.947. The Hall–Kier alpha value is -1.64. The molecule has 3 nitrogen and oxygen atoms in total. The molecule has 0 fully saturated rings. The van der Waals surface area contributed by atoms with Crippen molar-refractivity contribution in [3.05, 3.63) is 29.8 Å². The van der Waals surface area contributed by atoms with Gasteiger partial charge in [0.15, 0.2) is 5.78 Å². The van der Waals surface area contributed by atoms with Crippen LogP contribution in [0.2, 0.25) is 0 Å². The molecule has 1 rings (SSSR count). The predicted octanol–water partition coefficient (Wildman–Crippen LogP) is 1.85. The molecular weight excluding hydrogens is 166 g/mol. The molecule has 3 heteroatoms. The number of anilines is 1. The minimum Gasteiger partial charge on any atom is -0.326 e. The number of rotatable bonds is 2. The highest BCUT2D eigenvalue weighted by Gasteiger charge is 2.00. The fourth-order valence-electron chi connectivity index (χ4n) is 0.947. The summed E-state index contributed by atoms with van der Waals surface area (Å²) in [4.78, 5) is 22.2. The van der Waals surface area contributed by atoms with E-state index in [9.17, 15) is 9.59 Å². The zero-order valence-electron chi connectivity index (χ0n) is 10.1. The van der Waals surface area contributed by atoms with Crippen LogP contribution in [0.15, 0.2) is 24.3 Å². The summed E-state index contributed by atoms with van der Waals surface area (Å²) in [6, 6.07) is 6.13. The van der Waals surface area contributed by atoms with E-state index < -0.39 is 12.8 Å². The molecule has 1 amide bonds. The van der Waals surface area contributed by atoms with Crippen molar-refractivity contribution >= 4 is 17.4 Å². The van der Waals surface area contributed by atoms with Crippen LogP contribution in [0.1, 0.15) is 28.2 Å². The maximum Gasteiger partial charge on any atom is 0.221 e. The van der Waals surface area contributed by atoms with Gasteiger partial charge in [0, 0.05) is 22.2 Å². The van der Waals surface area contributed by atoms with Gasteiger partial charge in [-0.3, -0.25) is 9.59 Å². The molecule has 1 aromatic carbocycles. The Bertz CT molecular complexity index is 426. The van der Waals surface area contributed by atoms with Gasteiger partial charge in [0.05, 0.1) is 0 Å². The molecule has 0 aliphatic rings. The predicted molar refractivity (Wildman–Crippen MR) is 50.8 cm³/mol. The number of benzene rings is 1. The molecule has 0 saturated carbocycles. The second kappa shape index (κ2) is 3.85. The Balaban J connectivity index is 2.87. The van der Waals surface area contributed by atoms with E-state index in [1.807, 2.05) is 0 Å². The lowest BCUT2D eigenvalue weighted by atomic mass is 10.1. The summed E-state index contributed by atoms with van der Waals surface area (Å²) in [6.45, 7) is -1.29. The Labute approximate surface area is 81.0 Å². The second-order valence-electron chi connectivity index (χ2n) is 2.59. The molecule has 13 heavy (non-hydrogen) atoms. The van der Waals surface area contributed by atoms with Crippen molar-refractivity contribution < 1.29 is 13.7 Å². The highest BCUT2D eigenvalue weighted by atomic mass is 16.1. The maximum atomic E-state index is 11.2. The zero-order chi connectivity index (χ0) is 12.3. The van der Waals surface area contributed by atoms with Crippen LogP contribution in [0, 0.1) is 0 Å². The lowest BCUT2D eigenvalue weighted by molar-refractivity contribution is -0.114. The van der Waals surface area contributed by atoms with E-state index >= 15 is 0 Å². The van der Waals surface area contributed by atoms with Gasteiger partial charge in [0.1, 0.15) is 0 Å². The number of amides is 1. The van der Waals surface area contributed by atoms with Crippen LogP contribution in [-0.2, 0) is 4.79 Å². The topological polar surface area (TPSA) is 46.2 Å².